The Labute approximate surface area is 153 Å². The van der Waals surface area contributed by atoms with E-state index >= 15 is 0 Å². The van der Waals surface area contributed by atoms with Crippen molar-refractivity contribution in [1.29, 1.82) is 0 Å². The number of nitrogens with zero attached hydrogens (tertiary/aromatic N) is 5. The van der Waals surface area contributed by atoms with Crippen LogP contribution in [0.1, 0.15) is 23.4 Å². The van der Waals surface area contributed by atoms with E-state index < -0.39 is 6.43 Å². The first-order valence-electron chi connectivity index (χ1n) is 8.30. The van der Waals surface area contributed by atoms with Gasteiger partial charge in [0, 0.05) is 24.4 Å². The summed E-state index contributed by atoms with van der Waals surface area (Å²) in [6, 6.07) is 7.04. The van der Waals surface area contributed by atoms with Gasteiger partial charge in [-0.1, -0.05) is 0 Å². The van der Waals surface area contributed by atoms with Crippen LogP contribution in [0.25, 0.3) is 28.0 Å². The third-order valence-corrected chi connectivity index (χ3v) is 4.44. The zero-order chi connectivity index (χ0) is 19.3. The minimum Gasteiger partial charge on any atom is -0.275 e. The van der Waals surface area contributed by atoms with Gasteiger partial charge in [-0.3, -0.25) is 4.68 Å². The molecule has 4 aromatic rings. The van der Waals surface area contributed by atoms with Crippen molar-refractivity contribution in [3.63, 3.8) is 0 Å². The molecule has 0 aliphatic heterocycles. The lowest BCUT2D eigenvalue weighted by Crippen LogP contribution is -2.00. The fourth-order valence-corrected chi connectivity index (χ4v) is 3.25. The highest BCUT2D eigenvalue weighted by atomic mass is 19.3. The predicted molar refractivity (Wildman–Crippen MR) is 95.5 cm³/mol. The van der Waals surface area contributed by atoms with Gasteiger partial charge < -0.3 is 0 Å². The van der Waals surface area contributed by atoms with Crippen LogP contribution in [0.3, 0.4) is 0 Å². The molecule has 27 heavy (non-hydrogen) atoms. The second-order valence-corrected chi connectivity index (χ2v) is 6.37. The summed E-state index contributed by atoms with van der Waals surface area (Å²) in [5.41, 5.74) is 2.90. The summed E-state index contributed by atoms with van der Waals surface area (Å²) < 4.78 is 44.0. The SMILES string of the molecule is Cc1nn(C)cc1-c1cc(C(F)F)c2c(C)nn(-c3ccc(F)cc3)c2n1. The number of pyridine rings is 1. The Morgan fingerprint density at radius 3 is 2.30 bits per heavy atom. The van der Waals surface area contributed by atoms with E-state index in [0.717, 1.165) is 0 Å². The van der Waals surface area contributed by atoms with E-state index in [1.165, 1.54) is 35.0 Å². The van der Waals surface area contributed by atoms with Crippen molar-refractivity contribution in [2.75, 3.05) is 0 Å². The average Bonchev–Trinajstić information content (AvgIpc) is 3.14. The maximum absolute atomic E-state index is 13.8. The number of fused-ring (bicyclic) bond motifs is 1. The Hall–Kier alpha value is -3.16. The normalized spacial score (nSPS) is 11.7. The van der Waals surface area contributed by atoms with Gasteiger partial charge in [0.2, 0.25) is 0 Å². The van der Waals surface area contributed by atoms with E-state index in [1.807, 2.05) is 0 Å². The molecule has 0 aliphatic carbocycles. The summed E-state index contributed by atoms with van der Waals surface area (Å²) in [6.45, 7) is 3.46. The van der Waals surface area contributed by atoms with Crippen molar-refractivity contribution in [2.45, 2.75) is 20.3 Å². The highest BCUT2D eigenvalue weighted by Gasteiger charge is 2.22. The summed E-state index contributed by atoms with van der Waals surface area (Å²) in [4.78, 5) is 4.60. The van der Waals surface area contributed by atoms with Gasteiger partial charge in [0.05, 0.1) is 28.2 Å². The van der Waals surface area contributed by atoms with Crippen molar-refractivity contribution in [3.8, 4) is 16.9 Å². The monoisotopic (exact) mass is 371 g/mol. The first kappa shape index (κ1) is 17.3. The quantitative estimate of drug-likeness (QED) is 0.532. The second-order valence-electron chi connectivity index (χ2n) is 6.37. The van der Waals surface area contributed by atoms with Crippen molar-refractivity contribution in [2.24, 2.45) is 7.05 Å². The van der Waals surface area contributed by atoms with E-state index in [2.05, 4.69) is 15.2 Å². The number of alkyl halides is 2. The Morgan fingerprint density at radius 1 is 1.00 bits per heavy atom. The van der Waals surface area contributed by atoms with E-state index in [1.54, 1.807) is 31.8 Å². The third kappa shape index (κ3) is 2.87. The molecule has 0 aliphatic rings. The summed E-state index contributed by atoms with van der Waals surface area (Å²) in [5.74, 6) is -0.389. The number of rotatable bonds is 3. The average molecular weight is 371 g/mol. The summed E-state index contributed by atoms with van der Waals surface area (Å²) >= 11 is 0. The number of hydrogen-bond acceptors (Lipinski definition) is 3. The molecule has 0 saturated heterocycles. The molecule has 138 valence electrons. The lowest BCUT2D eigenvalue weighted by molar-refractivity contribution is 0.153. The van der Waals surface area contributed by atoms with Crippen LogP contribution in [0.15, 0.2) is 36.5 Å². The molecule has 4 rings (SSSR count). The van der Waals surface area contributed by atoms with Crippen molar-refractivity contribution in [3.05, 3.63) is 59.3 Å². The molecule has 3 heterocycles. The fourth-order valence-electron chi connectivity index (χ4n) is 3.25. The molecule has 0 amide bonds. The largest absolute Gasteiger partial charge is 0.275 e. The molecule has 0 spiro atoms. The third-order valence-electron chi connectivity index (χ3n) is 4.44. The van der Waals surface area contributed by atoms with Crippen LogP contribution in [-0.4, -0.2) is 24.5 Å². The summed E-state index contributed by atoms with van der Waals surface area (Å²) in [5, 5.41) is 8.94. The van der Waals surface area contributed by atoms with E-state index in [0.29, 0.717) is 39.4 Å². The standard InChI is InChI=1S/C19H16F3N5/c1-10-15(9-26(3)24-10)16-8-14(18(21)22)17-11(2)25-27(19(17)23-16)13-6-4-12(20)5-7-13/h4-9,18H,1-3H3. The Bertz CT molecular complexity index is 1140. The number of benzene rings is 1. The highest BCUT2D eigenvalue weighted by Crippen LogP contribution is 2.34. The summed E-state index contributed by atoms with van der Waals surface area (Å²) in [7, 11) is 1.76. The zero-order valence-corrected chi connectivity index (χ0v) is 14.9. The summed E-state index contributed by atoms with van der Waals surface area (Å²) in [6.07, 6.45) is -0.944. The molecule has 0 radical (unpaired) electrons. The lowest BCUT2D eigenvalue weighted by atomic mass is 10.1. The van der Waals surface area contributed by atoms with Gasteiger partial charge in [0.15, 0.2) is 5.65 Å². The molecular formula is C19H16F3N5. The number of halogens is 3. The number of aryl methyl sites for hydroxylation is 3. The molecule has 1 aromatic carbocycles. The molecule has 5 nitrogen and oxygen atoms in total. The Balaban J connectivity index is 2.04. The second kappa shape index (κ2) is 6.22. The fraction of sp³-hybridized carbons (Fsp3) is 0.211. The maximum Gasteiger partial charge on any atom is 0.264 e. The van der Waals surface area contributed by atoms with Gasteiger partial charge in [-0.05, 0) is 44.2 Å². The van der Waals surface area contributed by atoms with Crippen LogP contribution in [0, 0.1) is 19.7 Å². The molecule has 0 unspecified atom stereocenters. The van der Waals surface area contributed by atoms with Crippen LogP contribution in [0.4, 0.5) is 13.2 Å². The van der Waals surface area contributed by atoms with Gasteiger partial charge in [-0.25, -0.2) is 22.8 Å². The minimum absolute atomic E-state index is 0.135. The van der Waals surface area contributed by atoms with Crippen LogP contribution in [-0.2, 0) is 7.05 Å². The predicted octanol–water partition coefficient (Wildman–Crippen LogP) is 4.51. The molecule has 0 atom stereocenters. The Kier molecular flexibility index (Phi) is 3.98. The molecule has 0 fully saturated rings. The smallest absolute Gasteiger partial charge is 0.264 e. The zero-order valence-electron chi connectivity index (χ0n) is 14.9. The van der Waals surface area contributed by atoms with Crippen molar-refractivity contribution >= 4 is 11.0 Å². The topological polar surface area (TPSA) is 48.5 Å². The maximum atomic E-state index is 13.8. The Morgan fingerprint density at radius 2 is 1.70 bits per heavy atom. The van der Waals surface area contributed by atoms with Gasteiger partial charge in [0.25, 0.3) is 6.43 Å². The van der Waals surface area contributed by atoms with Gasteiger partial charge in [-0.2, -0.15) is 10.2 Å². The van der Waals surface area contributed by atoms with E-state index in [4.69, 9.17) is 0 Å². The molecule has 0 bridgehead atoms. The van der Waals surface area contributed by atoms with Crippen LogP contribution in [0.2, 0.25) is 0 Å². The molecular weight excluding hydrogens is 355 g/mol. The first-order valence-corrected chi connectivity index (χ1v) is 8.30. The van der Waals surface area contributed by atoms with Gasteiger partial charge in [-0.15, -0.1) is 0 Å². The van der Waals surface area contributed by atoms with Gasteiger partial charge in [0.1, 0.15) is 5.82 Å². The van der Waals surface area contributed by atoms with E-state index in [-0.39, 0.29) is 11.4 Å². The van der Waals surface area contributed by atoms with Crippen LogP contribution in [0.5, 0.6) is 0 Å². The lowest BCUT2D eigenvalue weighted by Gasteiger charge is -2.08. The van der Waals surface area contributed by atoms with Crippen molar-refractivity contribution < 1.29 is 13.2 Å². The van der Waals surface area contributed by atoms with Crippen LogP contribution < -0.4 is 0 Å². The molecule has 8 heteroatoms. The molecule has 3 aromatic heterocycles. The minimum atomic E-state index is -2.68. The van der Waals surface area contributed by atoms with Crippen molar-refractivity contribution in [1.82, 2.24) is 24.5 Å². The number of aromatic nitrogens is 5. The number of hydrogen-bond donors (Lipinski definition) is 0. The van der Waals surface area contributed by atoms with Crippen LogP contribution >= 0.6 is 0 Å². The van der Waals surface area contributed by atoms with Gasteiger partial charge >= 0.3 is 0 Å². The highest BCUT2D eigenvalue weighted by molar-refractivity contribution is 5.86. The molecule has 0 saturated carbocycles. The molecule has 0 N–H and O–H groups in total. The first-order chi connectivity index (χ1) is 12.8. The van der Waals surface area contributed by atoms with E-state index in [9.17, 15) is 13.2 Å².